The fourth-order valence-electron chi connectivity index (χ4n) is 7.43. The SMILES string of the molecule is C=C(C[C@H](C)c1ccc(C(=C2CC3(CCC3)C2)c2ccc(C)cc2)cc1)C1=CNC(C)C(C2=CCN(C(=C)C)CC2)=C1. The van der Waals surface area contributed by atoms with Crippen LogP contribution in [0.15, 0.2) is 114 Å². The minimum Gasteiger partial charge on any atom is -0.384 e. The minimum atomic E-state index is 0.320. The van der Waals surface area contributed by atoms with Crippen LogP contribution < -0.4 is 5.32 Å². The molecule has 2 aromatic rings. The van der Waals surface area contributed by atoms with Crippen molar-refractivity contribution in [1.29, 1.82) is 0 Å². The van der Waals surface area contributed by atoms with Crippen molar-refractivity contribution < 1.29 is 0 Å². The number of nitrogens with zero attached hydrogens (tertiary/aromatic N) is 1. The number of hydrogen-bond acceptors (Lipinski definition) is 2. The summed E-state index contributed by atoms with van der Waals surface area (Å²) in [5.41, 5.74) is 15.7. The van der Waals surface area contributed by atoms with Crippen molar-refractivity contribution >= 4 is 5.57 Å². The summed E-state index contributed by atoms with van der Waals surface area (Å²) in [6, 6.07) is 18.9. The number of hydrogen-bond donors (Lipinski definition) is 1. The molecule has 2 nitrogen and oxygen atoms in total. The molecule has 2 atom stereocenters. The average Bonchev–Trinajstić information content (AvgIpc) is 2.95. The zero-order chi connectivity index (χ0) is 29.4. The van der Waals surface area contributed by atoms with Gasteiger partial charge in [-0.1, -0.05) is 92.2 Å². The molecule has 0 aromatic heterocycles. The molecule has 1 unspecified atom stereocenters. The Kier molecular flexibility index (Phi) is 7.92. The van der Waals surface area contributed by atoms with E-state index in [1.807, 2.05) is 0 Å². The van der Waals surface area contributed by atoms with E-state index < -0.39 is 0 Å². The van der Waals surface area contributed by atoms with E-state index in [4.69, 9.17) is 0 Å². The van der Waals surface area contributed by atoms with Crippen molar-refractivity contribution in [2.24, 2.45) is 5.41 Å². The van der Waals surface area contributed by atoms with Gasteiger partial charge >= 0.3 is 0 Å². The standard InChI is InChI=1S/C40H48N2/c1-27(2)42-20-16-33(17-21-42)38-23-36(26-41-31(38)6)30(5)22-29(4)32-12-14-35(15-13-32)39(34-10-8-28(3)9-11-34)37-24-40(25-37)18-7-19-40/h8-16,23,26,29,31,41H,1,5,7,17-22,24-25H2,2-4,6H3/t29-,31?/m0/s1. The highest BCUT2D eigenvalue weighted by molar-refractivity contribution is 5.83. The Hall–Kier alpha value is -3.52. The van der Waals surface area contributed by atoms with E-state index in [1.165, 1.54) is 82.2 Å². The summed E-state index contributed by atoms with van der Waals surface area (Å²) in [5, 5.41) is 3.61. The quantitative estimate of drug-likeness (QED) is 0.348. The second-order valence-corrected chi connectivity index (χ2v) is 13.6. The fraction of sp³-hybridized carbons (Fsp3) is 0.400. The first kappa shape index (κ1) is 28.6. The van der Waals surface area contributed by atoms with E-state index >= 15 is 0 Å². The molecule has 218 valence electrons. The molecule has 0 amide bonds. The topological polar surface area (TPSA) is 15.3 Å². The molecule has 2 aliphatic heterocycles. The Labute approximate surface area is 254 Å². The van der Waals surface area contributed by atoms with Crippen LogP contribution in [0.4, 0.5) is 0 Å². The summed E-state index contributed by atoms with van der Waals surface area (Å²) in [6.45, 7) is 19.5. The third kappa shape index (κ3) is 5.74. The molecule has 2 aromatic carbocycles. The van der Waals surface area contributed by atoms with Crippen LogP contribution in [0.2, 0.25) is 0 Å². The number of benzene rings is 2. The van der Waals surface area contributed by atoms with Gasteiger partial charge in [0.2, 0.25) is 0 Å². The first-order valence-corrected chi connectivity index (χ1v) is 16.1. The van der Waals surface area contributed by atoms with Gasteiger partial charge in [0, 0.05) is 31.0 Å². The van der Waals surface area contributed by atoms with Crippen LogP contribution in [0.1, 0.15) is 93.9 Å². The maximum absolute atomic E-state index is 4.55. The first-order valence-electron chi connectivity index (χ1n) is 16.1. The van der Waals surface area contributed by atoms with E-state index in [2.05, 4.69) is 118 Å². The molecule has 2 aliphatic carbocycles. The lowest BCUT2D eigenvalue weighted by Crippen LogP contribution is -2.38. The molecule has 2 heteroatoms. The number of rotatable bonds is 8. The van der Waals surface area contributed by atoms with Gasteiger partial charge in [0.25, 0.3) is 0 Å². The first-order chi connectivity index (χ1) is 20.2. The predicted molar refractivity (Wildman–Crippen MR) is 179 cm³/mol. The average molecular weight is 557 g/mol. The van der Waals surface area contributed by atoms with Gasteiger partial charge in [-0.2, -0.15) is 0 Å². The van der Waals surface area contributed by atoms with Crippen LogP contribution in [-0.2, 0) is 0 Å². The number of aryl methyl sites for hydroxylation is 1. The molecule has 0 bridgehead atoms. The Morgan fingerprint density at radius 2 is 1.69 bits per heavy atom. The molecule has 1 spiro atoms. The second-order valence-electron chi connectivity index (χ2n) is 13.6. The smallest absolute Gasteiger partial charge is 0.0483 e. The van der Waals surface area contributed by atoms with Gasteiger partial charge in [-0.25, -0.2) is 0 Å². The lowest BCUT2D eigenvalue weighted by molar-refractivity contribution is 0.0814. The van der Waals surface area contributed by atoms with Crippen molar-refractivity contribution in [3.05, 3.63) is 136 Å². The molecule has 4 aliphatic rings. The molecule has 2 saturated carbocycles. The van der Waals surface area contributed by atoms with Crippen LogP contribution in [0, 0.1) is 12.3 Å². The molecule has 1 N–H and O–H groups in total. The monoisotopic (exact) mass is 556 g/mol. The van der Waals surface area contributed by atoms with E-state index in [1.54, 1.807) is 5.57 Å². The maximum Gasteiger partial charge on any atom is 0.0483 e. The largest absolute Gasteiger partial charge is 0.384 e. The third-order valence-corrected chi connectivity index (χ3v) is 10.4. The molecule has 0 radical (unpaired) electrons. The van der Waals surface area contributed by atoms with Gasteiger partial charge < -0.3 is 10.2 Å². The van der Waals surface area contributed by atoms with Crippen molar-refractivity contribution in [1.82, 2.24) is 10.2 Å². The lowest BCUT2D eigenvalue weighted by atomic mass is 9.53. The van der Waals surface area contributed by atoms with Crippen LogP contribution in [0.5, 0.6) is 0 Å². The van der Waals surface area contributed by atoms with Crippen LogP contribution in [0.25, 0.3) is 5.57 Å². The summed E-state index contributed by atoms with van der Waals surface area (Å²) in [7, 11) is 0. The number of allylic oxidation sites excluding steroid dienone is 5. The molecule has 42 heavy (non-hydrogen) atoms. The fourth-order valence-corrected chi connectivity index (χ4v) is 7.43. The van der Waals surface area contributed by atoms with Gasteiger partial charge in [-0.05, 0) is 121 Å². The maximum atomic E-state index is 4.55. The molecular weight excluding hydrogens is 508 g/mol. The highest BCUT2D eigenvalue weighted by Crippen LogP contribution is 2.60. The highest BCUT2D eigenvalue weighted by Gasteiger charge is 2.46. The summed E-state index contributed by atoms with van der Waals surface area (Å²) < 4.78 is 0. The molecule has 2 fully saturated rings. The molecular formula is C40H48N2. The van der Waals surface area contributed by atoms with E-state index in [0.717, 1.165) is 31.6 Å². The van der Waals surface area contributed by atoms with Gasteiger partial charge in [-0.15, -0.1) is 0 Å². The zero-order valence-electron chi connectivity index (χ0n) is 26.2. The zero-order valence-corrected chi connectivity index (χ0v) is 26.2. The van der Waals surface area contributed by atoms with Gasteiger partial charge in [-0.3, -0.25) is 0 Å². The molecule has 2 heterocycles. The van der Waals surface area contributed by atoms with E-state index in [-0.39, 0.29) is 0 Å². The lowest BCUT2D eigenvalue weighted by Gasteiger charge is -2.52. The van der Waals surface area contributed by atoms with Gasteiger partial charge in [0.1, 0.15) is 0 Å². The van der Waals surface area contributed by atoms with Gasteiger partial charge in [0.05, 0.1) is 0 Å². The Balaban J connectivity index is 1.16. The van der Waals surface area contributed by atoms with Crippen molar-refractivity contribution in [3.8, 4) is 0 Å². The third-order valence-electron chi connectivity index (χ3n) is 10.4. The second kappa shape index (κ2) is 11.6. The summed E-state index contributed by atoms with van der Waals surface area (Å²) in [6.07, 6.45) is 15.8. The van der Waals surface area contributed by atoms with E-state index in [0.29, 0.717) is 17.4 Å². The number of nitrogens with one attached hydrogen (secondary N) is 1. The van der Waals surface area contributed by atoms with Crippen LogP contribution in [0.3, 0.4) is 0 Å². The van der Waals surface area contributed by atoms with Crippen LogP contribution in [-0.4, -0.2) is 24.0 Å². The summed E-state index contributed by atoms with van der Waals surface area (Å²) in [5.74, 6) is 0.402. The molecule has 0 saturated heterocycles. The Bertz CT molecular complexity index is 1480. The Morgan fingerprint density at radius 3 is 2.26 bits per heavy atom. The molecule has 6 rings (SSSR count). The van der Waals surface area contributed by atoms with Crippen molar-refractivity contribution in [2.75, 3.05) is 13.1 Å². The van der Waals surface area contributed by atoms with Gasteiger partial charge in [0.15, 0.2) is 0 Å². The van der Waals surface area contributed by atoms with E-state index in [9.17, 15) is 0 Å². The normalized spacial score (nSPS) is 21.7. The minimum absolute atomic E-state index is 0.320. The summed E-state index contributed by atoms with van der Waals surface area (Å²) >= 11 is 0. The predicted octanol–water partition coefficient (Wildman–Crippen LogP) is 9.78. The number of dihydropyridines is 1. The summed E-state index contributed by atoms with van der Waals surface area (Å²) in [4.78, 5) is 2.35. The van der Waals surface area contributed by atoms with Crippen molar-refractivity contribution in [2.45, 2.75) is 84.6 Å². The van der Waals surface area contributed by atoms with Crippen LogP contribution >= 0.6 is 0 Å². The Morgan fingerprint density at radius 1 is 1.02 bits per heavy atom. The van der Waals surface area contributed by atoms with Crippen molar-refractivity contribution in [3.63, 3.8) is 0 Å². The highest BCUT2D eigenvalue weighted by atomic mass is 15.1.